The van der Waals surface area contributed by atoms with Gasteiger partial charge in [0, 0.05) is 54.8 Å². The number of nitro benzene ring substituents is 1. The number of rotatable bonds is 4. The Morgan fingerprint density at radius 3 is 2.29 bits per heavy atom. The van der Waals surface area contributed by atoms with E-state index < -0.39 is 4.92 Å². The van der Waals surface area contributed by atoms with Gasteiger partial charge in [-0.2, -0.15) is 0 Å². The van der Waals surface area contributed by atoms with E-state index in [1.54, 1.807) is 12.1 Å². The van der Waals surface area contributed by atoms with Crippen LogP contribution >= 0.6 is 0 Å². The standard InChI is InChI=1S/C26H24N4O4/c1-18-6-11-24-22(16-18)26(32)21-4-2-3-5-23(21)29(24)17-25(31)28-14-12-27(13-15-28)19-7-9-20(10-8-19)30(33)34/h2-11,16H,12-15,17H2,1H3. The zero-order chi connectivity index (χ0) is 23.8. The summed E-state index contributed by atoms with van der Waals surface area (Å²) >= 11 is 0. The molecular weight excluding hydrogens is 432 g/mol. The van der Waals surface area contributed by atoms with Crippen LogP contribution in [0.5, 0.6) is 0 Å². The van der Waals surface area contributed by atoms with Crippen LogP contribution in [-0.2, 0) is 11.3 Å². The van der Waals surface area contributed by atoms with Gasteiger partial charge in [-0.3, -0.25) is 19.7 Å². The Kier molecular flexibility index (Phi) is 5.49. The molecule has 1 fully saturated rings. The highest BCUT2D eigenvalue weighted by Gasteiger charge is 2.23. The van der Waals surface area contributed by atoms with E-state index in [0.717, 1.165) is 22.3 Å². The largest absolute Gasteiger partial charge is 0.368 e. The first kappa shape index (κ1) is 21.6. The van der Waals surface area contributed by atoms with Crippen LogP contribution in [0, 0.1) is 17.0 Å². The fourth-order valence-electron chi connectivity index (χ4n) is 4.65. The molecule has 0 N–H and O–H groups in total. The maximum atomic E-state index is 13.3. The first-order valence-electron chi connectivity index (χ1n) is 11.2. The number of benzene rings is 3. The number of hydrogen-bond donors (Lipinski definition) is 0. The van der Waals surface area contributed by atoms with E-state index in [-0.39, 0.29) is 23.6 Å². The van der Waals surface area contributed by atoms with Gasteiger partial charge in [0.1, 0.15) is 6.54 Å². The number of piperazine rings is 1. The predicted molar refractivity (Wildman–Crippen MR) is 132 cm³/mol. The molecule has 0 spiro atoms. The lowest BCUT2D eigenvalue weighted by molar-refractivity contribution is -0.384. The van der Waals surface area contributed by atoms with Crippen molar-refractivity contribution in [1.29, 1.82) is 0 Å². The predicted octanol–water partition coefficient (Wildman–Crippen LogP) is 3.72. The van der Waals surface area contributed by atoms with Crippen molar-refractivity contribution < 1.29 is 9.72 Å². The zero-order valence-corrected chi connectivity index (χ0v) is 18.8. The van der Waals surface area contributed by atoms with Crippen molar-refractivity contribution in [3.8, 4) is 0 Å². The molecule has 34 heavy (non-hydrogen) atoms. The summed E-state index contributed by atoms with van der Waals surface area (Å²) in [7, 11) is 0. The van der Waals surface area contributed by atoms with Crippen molar-refractivity contribution in [1.82, 2.24) is 9.47 Å². The average Bonchev–Trinajstić information content (AvgIpc) is 2.86. The Labute approximate surface area is 195 Å². The van der Waals surface area contributed by atoms with Gasteiger partial charge in [-0.15, -0.1) is 0 Å². The van der Waals surface area contributed by atoms with Crippen molar-refractivity contribution in [2.75, 3.05) is 31.1 Å². The molecule has 1 aliphatic rings. The van der Waals surface area contributed by atoms with Crippen molar-refractivity contribution in [2.24, 2.45) is 0 Å². The summed E-state index contributed by atoms with van der Waals surface area (Å²) in [6, 6.07) is 19.7. The third-order valence-electron chi connectivity index (χ3n) is 6.48. The first-order chi connectivity index (χ1) is 16.4. The summed E-state index contributed by atoms with van der Waals surface area (Å²) in [6.45, 7) is 4.52. The van der Waals surface area contributed by atoms with Crippen LogP contribution in [0.4, 0.5) is 11.4 Å². The molecule has 0 aliphatic carbocycles. The molecule has 172 valence electrons. The van der Waals surface area contributed by atoms with Gasteiger partial charge in [0.25, 0.3) is 5.69 Å². The van der Waals surface area contributed by atoms with Crippen LogP contribution in [0.25, 0.3) is 21.8 Å². The van der Waals surface area contributed by atoms with E-state index in [1.807, 2.05) is 58.9 Å². The maximum Gasteiger partial charge on any atom is 0.269 e. The van der Waals surface area contributed by atoms with Gasteiger partial charge < -0.3 is 14.4 Å². The molecule has 0 radical (unpaired) electrons. The van der Waals surface area contributed by atoms with Gasteiger partial charge in [0.15, 0.2) is 5.43 Å². The van der Waals surface area contributed by atoms with Crippen LogP contribution in [0.3, 0.4) is 0 Å². The summed E-state index contributed by atoms with van der Waals surface area (Å²) < 4.78 is 1.94. The van der Waals surface area contributed by atoms with Gasteiger partial charge in [0.05, 0.1) is 16.0 Å². The second-order valence-electron chi connectivity index (χ2n) is 8.59. The second-order valence-corrected chi connectivity index (χ2v) is 8.59. The monoisotopic (exact) mass is 456 g/mol. The number of pyridine rings is 1. The number of nitro groups is 1. The number of carbonyl (C=O) groups excluding carboxylic acids is 1. The van der Waals surface area contributed by atoms with E-state index in [9.17, 15) is 19.7 Å². The molecular formula is C26H24N4O4. The summed E-state index contributed by atoms with van der Waals surface area (Å²) in [4.78, 5) is 40.8. The van der Waals surface area contributed by atoms with Crippen molar-refractivity contribution in [3.05, 3.63) is 92.6 Å². The SMILES string of the molecule is Cc1ccc2c(c1)c(=O)c1ccccc1n2CC(=O)N1CCN(c2ccc([N+](=O)[O-])cc2)CC1. The van der Waals surface area contributed by atoms with E-state index in [2.05, 4.69) is 4.90 Å². The first-order valence-corrected chi connectivity index (χ1v) is 11.2. The number of hydrogen-bond acceptors (Lipinski definition) is 5. The number of anilines is 1. The molecule has 1 amide bonds. The molecule has 0 bridgehead atoms. The van der Waals surface area contributed by atoms with Gasteiger partial charge in [0.2, 0.25) is 5.91 Å². The Hall–Kier alpha value is -4.20. The molecule has 5 rings (SSSR count). The lowest BCUT2D eigenvalue weighted by Crippen LogP contribution is -2.49. The minimum Gasteiger partial charge on any atom is -0.368 e. The highest BCUT2D eigenvalue weighted by Crippen LogP contribution is 2.23. The number of aromatic nitrogens is 1. The maximum absolute atomic E-state index is 13.3. The Morgan fingerprint density at radius 1 is 0.912 bits per heavy atom. The summed E-state index contributed by atoms with van der Waals surface area (Å²) in [6.07, 6.45) is 0. The van der Waals surface area contributed by atoms with Gasteiger partial charge in [-0.1, -0.05) is 23.8 Å². The molecule has 1 aromatic heterocycles. The molecule has 0 unspecified atom stereocenters. The smallest absolute Gasteiger partial charge is 0.269 e. The molecule has 1 aliphatic heterocycles. The van der Waals surface area contributed by atoms with Crippen LogP contribution in [0.2, 0.25) is 0 Å². The number of amides is 1. The lowest BCUT2D eigenvalue weighted by atomic mass is 10.1. The Bertz CT molecular complexity index is 1470. The molecule has 4 aromatic rings. The number of aryl methyl sites for hydroxylation is 1. The van der Waals surface area contributed by atoms with Gasteiger partial charge in [-0.25, -0.2) is 0 Å². The highest BCUT2D eigenvalue weighted by atomic mass is 16.6. The fourth-order valence-corrected chi connectivity index (χ4v) is 4.65. The number of carbonyl (C=O) groups is 1. The fraction of sp³-hybridized carbons (Fsp3) is 0.231. The topological polar surface area (TPSA) is 88.7 Å². The van der Waals surface area contributed by atoms with E-state index in [4.69, 9.17) is 0 Å². The van der Waals surface area contributed by atoms with Crippen molar-refractivity contribution in [3.63, 3.8) is 0 Å². The third kappa shape index (κ3) is 3.87. The molecule has 2 heterocycles. The number of non-ortho nitro benzene ring substituents is 1. The second kappa shape index (κ2) is 8.62. The molecule has 0 saturated carbocycles. The normalized spacial score (nSPS) is 14.0. The Morgan fingerprint density at radius 2 is 1.59 bits per heavy atom. The van der Waals surface area contributed by atoms with Crippen LogP contribution in [-0.4, -0.2) is 46.5 Å². The zero-order valence-electron chi connectivity index (χ0n) is 18.8. The molecule has 8 nitrogen and oxygen atoms in total. The molecule has 8 heteroatoms. The van der Waals surface area contributed by atoms with Crippen molar-refractivity contribution in [2.45, 2.75) is 13.5 Å². The minimum atomic E-state index is -0.411. The third-order valence-corrected chi connectivity index (χ3v) is 6.48. The Balaban J connectivity index is 1.38. The van der Waals surface area contributed by atoms with E-state index in [1.165, 1.54) is 12.1 Å². The van der Waals surface area contributed by atoms with Gasteiger partial charge in [-0.05, 0) is 43.3 Å². The van der Waals surface area contributed by atoms with Crippen LogP contribution < -0.4 is 10.3 Å². The average molecular weight is 457 g/mol. The highest BCUT2D eigenvalue weighted by molar-refractivity contribution is 5.95. The van der Waals surface area contributed by atoms with Crippen LogP contribution in [0.1, 0.15) is 5.56 Å². The minimum absolute atomic E-state index is 0.000901. The molecule has 1 saturated heterocycles. The molecule has 3 aromatic carbocycles. The van der Waals surface area contributed by atoms with Gasteiger partial charge >= 0.3 is 0 Å². The van der Waals surface area contributed by atoms with Crippen LogP contribution in [0.15, 0.2) is 71.5 Å². The summed E-state index contributed by atoms with van der Waals surface area (Å²) in [5.41, 5.74) is 3.46. The molecule has 0 atom stereocenters. The lowest BCUT2D eigenvalue weighted by Gasteiger charge is -2.36. The quantitative estimate of drug-likeness (QED) is 0.265. The van der Waals surface area contributed by atoms with E-state index in [0.29, 0.717) is 37.0 Å². The summed E-state index contributed by atoms with van der Waals surface area (Å²) in [5.74, 6) is -0.000901. The number of fused-ring (bicyclic) bond motifs is 2. The summed E-state index contributed by atoms with van der Waals surface area (Å²) in [5, 5.41) is 12.1. The van der Waals surface area contributed by atoms with E-state index >= 15 is 0 Å². The number of para-hydroxylation sites is 1. The van der Waals surface area contributed by atoms with Crippen molar-refractivity contribution >= 4 is 39.1 Å². The number of nitrogens with zero attached hydrogens (tertiary/aromatic N) is 4.